The molecular weight excluding hydrogens is 304 g/mol. The quantitative estimate of drug-likeness (QED) is 0.690. The average Bonchev–Trinajstić information content (AvgIpc) is 2.31. The first-order chi connectivity index (χ1) is 8.56. The van der Waals surface area contributed by atoms with Crippen molar-refractivity contribution in [3.8, 4) is 11.8 Å². The molecule has 1 aromatic heterocycles. The monoisotopic (exact) mass is 310 g/mol. The Morgan fingerprint density at radius 1 is 1.39 bits per heavy atom. The lowest BCUT2D eigenvalue weighted by atomic mass is 10.3. The summed E-state index contributed by atoms with van der Waals surface area (Å²) in [4.78, 5) is 17.8. The third kappa shape index (κ3) is 2.72. The normalized spacial score (nSPS) is 10.1. The van der Waals surface area contributed by atoms with Gasteiger partial charge in [0, 0.05) is 12.3 Å². The number of nitrogens with two attached hydrogens (primary N) is 1. The fourth-order valence-electron chi connectivity index (χ4n) is 1.19. The molecule has 2 N–H and O–H groups in total. The summed E-state index contributed by atoms with van der Waals surface area (Å²) >= 11 is 3.22. The third-order valence-electron chi connectivity index (χ3n) is 1.98. The fraction of sp³-hybridized carbons (Fsp3) is 0. The molecule has 2 rings (SSSR count). The minimum absolute atomic E-state index is 0.0243. The number of ether oxygens (including phenoxy) is 1. The Labute approximate surface area is 110 Å². The molecule has 92 valence electrons. The van der Waals surface area contributed by atoms with Crippen molar-refractivity contribution >= 4 is 27.4 Å². The number of nitro benzene ring substituents is 1. The standard InChI is InChI=1S/C10H7BrN4O3/c11-7-2-1-6(15(16)17)5-8(7)18-10-13-4-3-9(12)14-10/h1-5H,(H2,12,13,14). The van der Waals surface area contributed by atoms with Crippen LogP contribution in [0.3, 0.4) is 0 Å². The molecule has 8 heteroatoms. The number of halogens is 1. The molecular formula is C10H7BrN4O3. The zero-order valence-electron chi connectivity index (χ0n) is 8.91. The molecule has 7 nitrogen and oxygen atoms in total. The predicted molar refractivity (Wildman–Crippen MR) is 67.3 cm³/mol. The second-order valence-electron chi connectivity index (χ2n) is 3.24. The molecule has 1 heterocycles. The Bertz CT molecular complexity index is 605. The molecule has 0 bridgehead atoms. The van der Waals surface area contributed by atoms with Gasteiger partial charge in [-0.25, -0.2) is 4.98 Å². The number of nitro groups is 1. The number of benzene rings is 1. The first-order valence-electron chi connectivity index (χ1n) is 4.76. The van der Waals surface area contributed by atoms with Crippen LogP contribution in [0, 0.1) is 10.1 Å². The van der Waals surface area contributed by atoms with Crippen molar-refractivity contribution in [1.82, 2.24) is 9.97 Å². The van der Waals surface area contributed by atoms with Crippen molar-refractivity contribution < 1.29 is 9.66 Å². The van der Waals surface area contributed by atoms with Crippen LogP contribution in [0.4, 0.5) is 11.5 Å². The Balaban J connectivity index is 2.33. The lowest BCUT2D eigenvalue weighted by Crippen LogP contribution is -1.97. The van der Waals surface area contributed by atoms with E-state index in [9.17, 15) is 10.1 Å². The van der Waals surface area contributed by atoms with E-state index in [1.54, 1.807) is 0 Å². The van der Waals surface area contributed by atoms with E-state index in [-0.39, 0.29) is 23.3 Å². The topological polar surface area (TPSA) is 104 Å². The van der Waals surface area contributed by atoms with Crippen LogP contribution in [0.15, 0.2) is 34.9 Å². The van der Waals surface area contributed by atoms with Gasteiger partial charge >= 0.3 is 6.01 Å². The van der Waals surface area contributed by atoms with E-state index in [4.69, 9.17) is 10.5 Å². The summed E-state index contributed by atoms with van der Waals surface area (Å²) in [7, 11) is 0. The zero-order valence-corrected chi connectivity index (χ0v) is 10.5. The molecule has 0 spiro atoms. The molecule has 0 aliphatic rings. The number of rotatable bonds is 3. The summed E-state index contributed by atoms with van der Waals surface area (Å²) in [5, 5.41) is 10.7. The van der Waals surface area contributed by atoms with Gasteiger partial charge in [-0.15, -0.1) is 0 Å². The van der Waals surface area contributed by atoms with Crippen LogP contribution >= 0.6 is 15.9 Å². The highest BCUT2D eigenvalue weighted by atomic mass is 79.9. The second-order valence-corrected chi connectivity index (χ2v) is 4.09. The molecule has 0 aliphatic heterocycles. The summed E-state index contributed by atoms with van der Waals surface area (Å²) in [6, 6.07) is 5.68. The van der Waals surface area contributed by atoms with Crippen LogP contribution in [0.1, 0.15) is 0 Å². The van der Waals surface area contributed by atoms with Crippen LogP contribution in [0.2, 0.25) is 0 Å². The highest BCUT2D eigenvalue weighted by molar-refractivity contribution is 9.10. The maximum atomic E-state index is 10.7. The van der Waals surface area contributed by atoms with Gasteiger partial charge in [0.15, 0.2) is 5.75 Å². The number of hydrogen-bond donors (Lipinski definition) is 1. The number of non-ortho nitro benzene ring substituents is 1. The lowest BCUT2D eigenvalue weighted by Gasteiger charge is -2.05. The molecule has 2 aromatic rings. The number of nitrogens with zero attached hydrogens (tertiary/aromatic N) is 3. The van der Waals surface area contributed by atoms with Gasteiger partial charge in [-0.3, -0.25) is 10.1 Å². The smallest absolute Gasteiger partial charge is 0.323 e. The number of anilines is 1. The van der Waals surface area contributed by atoms with E-state index in [1.165, 1.54) is 30.5 Å². The van der Waals surface area contributed by atoms with Crippen LogP contribution in [-0.2, 0) is 0 Å². The number of aromatic nitrogens is 2. The van der Waals surface area contributed by atoms with E-state index in [0.717, 1.165) is 0 Å². The third-order valence-corrected chi connectivity index (χ3v) is 2.64. The maximum Gasteiger partial charge on any atom is 0.323 e. The second kappa shape index (κ2) is 4.96. The van der Waals surface area contributed by atoms with Crippen molar-refractivity contribution in [3.63, 3.8) is 0 Å². The largest absolute Gasteiger partial charge is 0.423 e. The highest BCUT2D eigenvalue weighted by Crippen LogP contribution is 2.31. The lowest BCUT2D eigenvalue weighted by molar-refractivity contribution is -0.384. The summed E-state index contributed by atoms with van der Waals surface area (Å²) in [6.07, 6.45) is 1.43. The van der Waals surface area contributed by atoms with Crippen LogP contribution in [0.5, 0.6) is 11.8 Å². The number of hydrogen-bond acceptors (Lipinski definition) is 6. The maximum absolute atomic E-state index is 10.7. The molecule has 0 amide bonds. The first-order valence-corrected chi connectivity index (χ1v) is 5.56. The van der Waals surface area contributed by atoms with Crippen LogP contribution in [-0.4, -0.2) is 14.9 Å². The molecule has 0 atom stereocenters. The molecule has 0 saturated heterocycles. The first kappa shape index (κ1) is 12.2. The van der Waals surface area contributed by atoms with Gasteiger partial charge in [-0.2, -0.15) is 4.98 Å². The molecule has 0 saturated carbocycles. The van der Waals surface area contributed by atoms with Gasteiger partial charge in [0.05, 0.1) is 15.5 Å². The van der Waals surface area contributed by atoms with Crippen molar-refractivity contribution in [2.45, 2.75) is 0 Å². The van der Waals surface area contributed by atoms with Gasteiger partial charge in [0.2, 0.25) is 0 Å². The van der Waals surface area contributed by atoms with E-state index < -0.39 is 4.92 Å². The van der Waals surface area contributed by atoms with E-state index in [2.05, 4.69) is 25.9 Å². The Hall–Kier alpha value is -2.22. The Morgan fingerprint density at radius 3 is 2.83 bits per heavy atom. The van der Waals surface area contributed by atoms with Gasteiger partial charge in [0.1, 0.15) is 5.82 Å². The van der Waals surface area contributed by atoms with Gasteiger partial charge < -0.3 is 10.5 Å². The summed E-state index contributed by atoms with van der Waals surface area (Å²) in [5.74, 6) is 0.497. The zero-order chi connectivity index (χ0) is 13.1. The van der Waals surface area contributed by atoms with Crippen LogP contribution in [0.25, 0.3) is 0 Å². The Kier molecular flexibility index (Phi) is 3.38. The Morgan fingerprint density at radius 2 is 2.17 bits per heavy atom. The van der Waals surface area contributed by atoms with Gasteiger partial charge in [-0.1, -0.05) is 0 Å². The summed E-state index contributed by atoms with van der Waals surface area (Å²) in [5.41, 5.74) is 5.39. The van der Waals surface area contributed by atoms with E-state index in [1.807, 2.05) is 0 Å². The predicted octanol–water partition coefficient (Wildman–Crippen LogP) is 2.52. The van der Waals surface area contributed by atoms with E-state index >= 15 is 0 Å². The van der Waals surface area contributed by atoms with Crippen LogP contribution < -0.4 is 10.5 Å². The minimum Gasteiger partial charge on any atom is -0.423 e. The fourth-order valence-corrected chi connectivity index (χ4v) is 1.51. The number of nitrogen functional groups attached to an aromatic ring is 1. The molecule has 0 unspecified atom stereocenters. The van der Waals surface area contributed by atoms with Crippen molar-refractivity contribution in [3.05, 3.63) is 45.0 Å². The molecule has 1 aromatic carbocycles. The van der Waals surface area contributed by atoms with Crippen molar-refractivity contribution in [2.75, 3.05) is 5.73 Å². The average molecular weight is 311 g/mol. The summed E-state index contributed by atoms with van der Waals surface area (Å²) in [6.45, 7) is 0. The van der Waals surface area contributed by atoms with Gasteiger partial charge in [0.25, 0.3) is 5.69 Å². The highest BCUT2D eigenvalue weighted by Gasteiger charge is 2.12. The van der Waals surface area contributed by atoms with Crippen molar-refractivity contribution in [1.29, 1.82) is 0 Å². The molecule has 0 fully saturated rings. The molecule has 0 radical (unpaired) electrons. The molecule has 0 aliphatic carbocycles. The van der Waals surface area contributed by atoms with Gasteiger partial charge in [-0.05, 0) is 28.1 Å². The van der Waals surface area contributed by atoms with E-state index in [0.29, 0.717) is 4.47 Å². The van der Waals surface area contributed by atoms with Crippen molar-refractivity contribution in [2.24, 2.45) is 0 Å². The SMILES string of the molecule is Nc1ccnc(Oc2cc([N+](=O)[O-])ccc2Br)n1. The minimum atomic E-state index is -0.514. The molecule has 18 heavy (non-hydrogen) atoms. The summed E-state index contributed by atoms with van der Waals surface area (Å²) < 4.78 is 5.88.